The van der Waals surface area contributed by atoms with Crippen LogP contribution in [0, 0.1) is 12.3 Å². The highest BCUT2D eigenvalue weighted by Crippen LogP contribution is 2.44. The summed E-state index contributed by atoms with van der Waals surface area (Å²) >= 11 is 0. The molecule has 1 amide bonds. The molecule has 17 heavy (non-hydrogen) atoms. The maximum absolute atomic E-state index is 11.9. The van der Waals surface area contributed by atoms with E-state index in [-0.39, 0.29) is 23.7 Å². The summed E-state index contributed by atoms with van der Waals surface area (Å²) in [6, 6.07) is 4.89. The molecule has 3 N–H and O–H groups in total. The quantitative estimate of drug-likeness (QED) is 0.734. The molecule has 0 radical (unpaired) electrons. The van der Waals surface area contributed by atoms with Crippen molar-refractivity contribution >= 4 is 5.91 Å². The lowest BCUT2D eigenvalue weighted by Crippen LogP contribution is -2.32. The average Bonchev–Trinajstić information content (AvgIpc) is 3.10. The van der Waals surface area contributed by atoms with Gasteiger partial charge in [-0.1, -0.05) is 6.07 Å². The van der Waals surface area contributed by atoms with Gasteiger partial charge in [-0.2, -0.15) is 0 Å². The number of amides is 1. The van der Waals surface area contributed by atoms with E-state index in [9.17, 15) is 9.90 Å². The van der Waals surface area contributed by atoms with Crippen LogP contribution >= 0.6 is 0 Å². The van der Waals surface area contributed by atoms with Crippen LogP contribution < -0.4 is 5.32 Å². The minimum atomic E-state index is -0.196. The van der Waals surface area contributed by atoms with Crippen LogP contribution in [0.15, 0.2) is 18.2 Å². The van der Waals surface area contributed by atoms with Gasteiger partial charge in [0, 0.05) is 23.1 Å². The highest BCUT2D eigenvalue weighted by molar-refractivity contribution is 5.96. The fraction of sp³-hybridized carbons (Fsp3) is 0.462. The van der Waals surface area contributed by atoms with Gasteiger partial charge in [0.1, 0.15) is 5.75 Å². The van der Waals surface area contributed by atoms with Crippen molar-refractivity contribution in [3.05, 3.63) is 29.3 Å². The van der Waals surface area contributed by atoms with Gasteiger partial charge in [0.25, 0.3) is 5.91 Å². The first kappa shape index (κ1) is 11.9. The second-order valence-electron chi connectivity index (χ2n) is 4.79. The number of carbonyl (C=O) groups is 1. The Balaban J connectivity index is 2.02. The number of phenols is 1. The zero-order chi connectivity index (χ0) is 12.5. The van der Waals surface area contributed by atoms with E-state index in [2.05, 4.69) is 5.32 Å². The number of aliphatic hydroxyl groups is 1. The minimum absolute atomic E-state index is 0.0968. The van der Waals surface area contributed by atoms with Crippen molar-refractivity contribution in [1.82, 2.24) is 5.32 Å². The Hall–Kier alpha value is -1.55. The summed E-state index contributed by atoms with van der Waals surface area (Å²) in [7, 11) is 0. The summed E-state index contributed by atoms with van der Waals surface area (Å²) in [6.07, 6.45) is 1.92. The van der Waals surface area contributed by atoms with E-state index in [1.54, 1.807) is 25.1 Å². The van der Waals surface area contributed by atoms with Crippen molar-refractivity contribution in [3.63, 3.8) is 0 Å². The maximum atomic E-state index is 11.9. The minimum Gasteiger partial charge on any atom is -0.508 e. The van der Waals surface area contributed by atoms with Gasteiger partial charge in [-0.3, -0.25) is 4.79 Å². The SMILES string of the molecule is Cc1c(O)cccc1C(=O)NCC1(CO)CC1. The summed E-state index contributed by atoms with van der Waals surface area (Å²) in [4.78, 5) is 11.9. The molecule has 0 atom stereocenters. The van der Waals surface area contributed by atoms with Crippen LogP contribution in [0.5, 0.6) is 5.75 Å². The molecule has 0 bridgehead atoms. The molecule has 1 saturated carbocycles. The van der Waals surface area contributed by atoms with E-state index >= 15 is 0 Å². The number of rotatable bonds is 4. The van der Waals surface area contributed by atoms with Crippen molar-refractivity contribution in [2.45, 2.75) is 19.8 Å². The molecule has 0 aliphatic heterocycles. The van der Waals surface area contributed by atoms with Crippen molar-refractivity contribution in [3.8, 4) is 5.75 Å². The summed E-state index contributed by atoms with van der Waals surface area (Å²) in [5.74, 6) is -0.0703. The third-order valence-electron chi connectivity index (χ3n) is 3.47. The molecule has 0 heterocycles. The molecule has 0 aromatic heterocycles. The predicted octanol–water partition coefficient (Wildman–Crippen LogP) is 1.20. The summed E-state index contributed by atoms with van der Waals surface area (Å²) in [5, 5.41) is 21.5. The van der Waals surface area contributed by atoms with E-state index in [0.29, 0.717) is 17.7 Å². The van der Waals surface area contributed by atoms with Crippen molar-refractivity contribution in [1.29, 1.82) is 0 Å². The second kappa shape index (κ2) is 4.37. The lowest BCUT2D eigenvalue weighted by atomic mass is 10.1. The standard InChI is InChI=1S/C13H17NO3/c1-9-10(3-2-4-11(9)16)12(17)14-7-13(8-15)5-6-13/h2-4,15-16H,5-8H2,1H3,(H,14,17). The molecule has 1 aliphatic rings. The van der Waals surface area contributed by atoms with Crippen LogP contribution in [-0.2, 0) is 0 Å². The third-order valence-corrected chi connectivity index (χ3v) is 3.47. The molecule has 0 saturated heterocycles. The molecule has 1 aliphatic carbocycles. The van der Waals surface area contributed by atoms with Crippen molar-refractivity contribution in [2.24, 2.45) is 5.41 Å². The highest BCUT2D eigenvalue weighted by atomic mass is 16.3. The first-order chi connectivity index (χ1) is 8.08. The predicted molar refractivity (Wildman–Crippen MR) is 63.9 cm³/mol. The lowest BCUT2D eigenvalue weighted by molar-refractivity contribution is 0.0934. The van der Waals surface area contributed by atoms with Crippen LogP contribution in [0.3, 0.4) is 0 Å². The van der Waals surface area contributed by atoms with Crippen molar-refractivity contribution < 1.29 is 15.0 Å². The average molecular weight is 235 g/mol. The fourth-order valence-corrected chi connectivity index (χ4v) is 1.80. The topological polar surface area (TPSA) is 69.6 Å². The fourth-order valence-electron chi connectivity index (χ4n) is 1.80. The van der Waals surface area contributed by atoms with E-state index in [1.807, 2.05) is 0 Å². The molecule has 0 unspecified atom stereocenters. The number of nitrogens with one attached hydrogen (secondary N) is 1. The largest absolute Gasteiger partial charge is 0.508 e. The Bertz CT molecular complexity index is 438. The Kier molecular flexibility index (Phi) is 3.07. The Morgan fingerprint density at radius 1 is 1.47 bits per heavy atom. The van der Waals surface area contributed by atoms with Crippen LogP contribution in [0.25, 0.3) is 0 Å². The van der Waals surface area contributed by atoms with Gasteiger partial charge in [0.2, 0.25) is 0 Å². The Morgan fingerprint density at radius 3 is 2.76 bits per heavy atom. The Labute approximate surface area is 100 Å². The van der Waals surface area contributed by atoms with Crippen LogP contribution in [0.1, 0.15) is 28.8 Å². The maximum Gasteiger partial charge on any atom is 0.251 e. The van der Waals surface area contributed by atoms with Gasteiger partial charge < -0.3 is 15.5 Å². The number of aliphatic hydroxyl groups excluding tert-OH is 1. The number of hydrogen-bond acceptors (Lipinski definition) is 3. The molecule has 2 rings (SSSR count). The number of benzene rings is 1. The normalized spacial score (nSPS) is 16.6. The zero-order valence-electron chi connectivity index (χ0n) is 9.86. The van der Waals surface area contributed by atoms with Gasteiger partial charge >= 0.3 is 0 Å². The first-order valence-electron chi connectivity index (χ1n) is 5.76. The highest BCUT2D eigenvalue weighted by Gasteiger charge is 2.42. The summed E-state index contributed by atoms with van der Waals surface area (Å²) in [5.41, 5.74) is 0.970. The third kappa shape index (κ3) is 2.42. The molecular weight excluding hydrogens is 218 g/mol. The molecule has 4 heteroatoms. The monoisotopic (exact) mass is 235 g/mol. The number of hydrogen-bond donors (Lipinski definition) is 3. The van der Waals surface area contributed by atoms with E-state index in [4.69, 9.17) is 5.11 Å². The molecular formula is C13H17NO3. The van der Waals surface area contributed by atoms with Gasteiger partial charge in [0.15, 0.2) is 0 Å². The van der Waals surface area contributed by atoms with E-state index in [0.717, 1.165) is 12.8 Å². The molecule has 1 aromatic rings. The van der Waals surface area contributed by atoms with Crippen molar-refractivity contribution in [2.75, 3.05) is 13.2 Å². The summed E-state index contributed by atoms with van der Waals surface area (Å²) in [6.45, 7) is 2.33. The molecule has 4 nitrogen and oxygen atoms in total. The number of carbonyl (C=O) groups excluding carboxylic acids is 1. The second-order valence-corrected chi connectivity index (χ2v) is 4.79. The van der Waals surface area contributed by atoms with E-state index < -0.39 is 0 Å². The smallest absolute Gasteiger partial charge is 0.251 e. The first-order valence-corrected chi connectivity index (χ1v) is 5.76. The van der Waals surface area contributed by atoms with Crippen LogP contribution in [0.2, 0.25) is 0 Å². The molecule has 0 spiro atoms. The van der Waals surface area contributed by atoms with E-state index in [1.165, 1.54) is 0 Å². The van der Waals surface area contributed by atoms with Gasteiger partial charge in [-0.25, -0.2) is 0 Å². The van der Waals surface area contributed by atoms with Gasteiger partial charge in [0.05, 0.1) is 6.61 Å². The van der Waals surface area contributed by atoms with Crippen LogP contribution in [-0.4, -0.2) is 29.3 Å². The molecule has 1 fully saturated rings. The zero-order valence-corrected chi connectivity index (χ0v) is 9.86. The summed E-state index contributed by atoms with van der Waals surface area (Å²) < 4.78 is 0. The van der Waals surface area contributed by atoms with Crippen LogP contribution in [0.4, 0.5) is 0 Å². The Morgan fingerprint density at radius 2 is 2.18 bits per heavy atom. The lowest BCUT2D eigenvalue weighted by Gasteiger charge is -2.13. The number of aromatic hydroxyl groups is 1. The van der Waals surface area contributed by atoms with Gasteiger partial charge in [-0.05, 0) is 31.9 Å². The number of phenolic OH excluding ortho intramolecular Hbond substituents is 1. The molecule has 1 aromatic carbocycles. The molecule has 92 valence electrons. The van der Waals surface area contributed by atoms with Gasteiger partial charge in [-0.15, -0.1) is 0 Å².